The van der Waals surface area contributed by atoms with Gasteiger partial charge in [0.2, 0.25) is 0 Å². The molecule has 0 bridgehead atoms. The molecule has 0 saturated carbocycles. The summed E-state index contributed by atoms with van der Waals surface area (Å²) in [6.07, 6.45) is -0.547. The Balaban J connectivity index is 1.46. The molecule has 4 rings (SSSR count). The van der Waals surface area contributed by atoms with Crippen LogP contribution in [-0.4, -0.2) is 103 Å². The first kappa shape index (κ1) is 21.5. The van der Waals surface area contributed by atoms with Crippen LogP contribution in [0.4, 0.5) is 9.18 Å². The molecule has 9 nitrogen and oxygen atoms in total. The summed E-state index contributed by atoms with van der Waals surface area (Å²) < 4.78 is 19.5. The van der Waals surface area contributed by atoms with E-state index >= 15 is 0 Å². The van der Waals surface area contributed by atoms with Crippen LogP contribution in [0.25, 0.3) is 0 Å². The molecule has 2 saturated heterocycles. The summed E-state index contributed by atoms with van der Waals surface area (Å²) in [7, 11) is 1.65. The Hall–Kier alpha value is -2.72. The van der Waals surface area contributed by atoms with Gasteiger partial charge < -0.3 is 19.4 Å². The molecule has 0 radical (unpaired) electrons. The number of hydrogen-bond donors (Lipinski definition) is 1. The Morgan fingerprint density at radius 2 is 1.94 bits per heavy atom. The van der Waals surface area contributed by atoms with Crippen molar-refractivity contribution in [3.63, 3.8) is 0 Å². The van der Waals surface area contributed by atoms with Crippen LogP contribution in [0.15, 0.2) is 29.3 Å². The van der Waals surface area contributed by atoms with Gasteiger partial charge in [-0.1, -0.05) is 18.2 Å². The summed E-state index contributed by atoms with van der Waals surface area (Å²) >= 11 is 0. The maximum absolute atomic E-state index is 14.0. The monoisotopic (exact) mass is 432 g/mol. The molecule has 168 valence electrons. The third-order valence-corrected chi connectivity index (χ3v) is 6.03. The van der Waals surface area contributed by atoms with Gasteiger partial charge >= 0.3 is 6.03 Å². The van der Waals surface area contributed by atoms with Crippen LogP contribution in [0.3, 0.4) is 0 Å². The number of benzene rings is 1. The molecule has 2 atom stereocenters. The van der Waals surface area contributed by atoms with Gasteiger partial charge in [-0.05, 0) is 13.0 Å². The number of amides is 3. The van der Waals surface area contributed by atoms with Crippen molar-refractivity contribution in [1.82, 2.24) is 24.9 Å². The van der Waals surface area contributed by atoms with E-state index in [1.165, 1.54) is 11.0 Å². The highest BCUT2D eigenvalue weighted by molar-refractivity contribution is 6.03. The lowest BCUT2D eigenvalue weighted by molar-refractivity contribution is -0.127. The number of rotatable bonds is 6. The molecule has 10 heteroatoms. The van der Waals surface area contributed by atoms with Crippen molar-refractivity contribution < 1.29 is 18.7 Å². The molecule has 0 spiro atoms. The Morgan fingerprint density at radius 3 is 2.65 bits per heavy atom. The number of guanidine groups is 1. The second-order valence-electron chi connectivity index (χ2n) is 7.94. The Labute approximate surface area is 181 Å². The molecule has 1 N–H and O–H groups in total. The number of aliphatic imine (C=N–C) groups is 1. The molecule has 2 fully saturated rings. The molecular weight excluding hydrogens is 403 g/mol. The van der Waals surface area contributed by atoms with Crippen molar-refractivity contribution in [1.29, 1.82) is 0 Å². The van der Waals surface area contributed by atoms with Gasteiger partial charge in [0.25, 0.3) is 5.91 Å². The van der Waals surface area contributed by atoms with Crippen LogP contribution in [0.5, 0.6) is 0 Å². The molecule has 1 aromatic carbocycles. The average molecular weight is 433 g/mol. The zero-order chi connectivity index (χ0) is 22.0. The van der Waals surface area contributed by atoms with E-state index in [0.29, 0.717) is 45.0 Å². The van der Waals surface area contributed by atoms with Crippen molar-refractivity contribution in [2.75, 3.05) is 53.0 Å². The van der Waals surface area contributed by atoms with E-state index < -0.39 is 18.2 Å². The molecule has 3 amide bonds. The zero-order valence-electron chi connectivity index (χ0n) is 18.0. The van der Waals surface area contributed by atoms with Gasteiger partial charge in [-0.15, -0.1) is 0 Å². The molecule has 0 aliphatic carbocycles. The third-order valence-electron chi connectivity index (χ3n) is 6.03. The van der Waals surface area contributed by atoms with E-state index in [1.54, 1.807) is 13.1 Å². The van der Waals surface area contributed by atoms with Gasteiger partial charge in [-0.25, -0.2) is 14.2 Å². The minimum atomic E-state index is -0.561. The number of halogens is 1. The minimum Gasteiger partial charge on any atom is -0.380 e. The molecule has 3 aliphatic heterocycles. The smallest absolute Gasteiger partial charge is 0.325 e. The van der Waals surface area contributed by atoms with Crippen LogP contribution in [0, 0.1) is 5.82 Å². The lowest BCUT2D eigenvalue weighted by Gasteiger charge is -2.40. The number of likely N-dealkylation sites (N-methyl/N-ethyl adjacent to an activating group) is 1. The quantitative estimate of drug-likeness (QED) is 0.661. The topological polar surface area (TPSA) is 80.7 Å². The van der Waals surface area contributed by atoms with Crippen LogP contribution < -0.4 is 5.32 Å². The fourth-order valence-electron chi connectivity index (χ4n) is 4.29. The maximum Gasteiger partial charge on any atom is 0.325 e. The molecule has 0 aromatic heterocycles. The summed E-state index contributed by atoms with van der Waals surface area (Å²) in [6.45, 7) is 6.98. The number of urea groups is 1. The zero-order valence-corrected chi connectivity index (χ0v) is 18.0. The number of carbonyl (C=O) groups is 2. The van der Waals surface area contributed by atoms with Gasteiger partial charge in [0, 0.05) is 58.5 Å². The molecule has 2 unspecified atom stereocenters. The van der Waals surface area contributed by atoms with E-state index in [4.69, 9.17) is 9.73 Å². The van der Waals surface area contributed by atoms with Crippen LogP contribution >= 0.6 is 0 Å². The highest BCUT2D eigenvalue weighted by atomic mass is 19.1. The first-order chi connectivity index (χ1) is 15.0. The van der Waals surface area contributed by atoms with Crippen molar-refractivity contribution in [3.8, 4) is 0 Å². The summed E-state index contributed by atoms with van der Waals surface area (Å²) in [5.74, 6) is 0.202. The lowest BCUT2D eigenvalue weighted by Crippen LogP contribution is -2.65. The van der Waals surface area contributed by atoms with Crippen molar-refractivity contribution >= 4 is 17.9 Å². The highest BCUT2D eigenvalue weighted by Gasteiger charge is 2.49. The van der Waals surface area contributed by atoms with E-state index in [2.05, 4.69) is 15.1 Å². The van der Waals surface area contributed by atoms with Crippen molar-refractivity contribution in [2.24, 2.45) is 4.99 Å². The molecule has 3 aliphatic rings. The summed E-state index contributed by atoms with van der Waals surface area (Å²) in [5.41, 5.74) is 0.690. The number of ether oxygens (including phenoxy) is 1. The molecular formula is C21H29FN6O3. The lowest BCUT2D eigenvalue weighted by atomic mass is 10.1. The Bertz CT molecular complexity index is 857. The SMILES string of the molecule is CCOCCN1C(N2CCN(Cc3ccccc3F)CC2)=NC2C1C(=O)NC(=O)N2C. The van der Waals surface area contributed by atoms with E-state index in [-0.39, 0.29) is 11.7 Å². The van der Waals surface area contributed by atoms with E-state index in [1.807, 2.05) is 24.0 Å². The van der Waals surface area contributed by atoms with Gasteiger partial charge in [0.1, 0.15) is 5.82 Å². The first-order valence-corrected chi connectivity index (χ1v) is 10.7. The Kier molecular flexibility index (Phi) is 6.38. The largest absolute Gasteiger partial charge is 0.380 e. The summed E-state index contributed by atoms with van der Waals surface area (Å²) in [4.78, 5) is 37.2. The second kappa shape index (κ2) is 9.19. The van der Waals surface area contributed by atoms with Crippen LogP contribution in [0.1, 0.15) is 12.5 Å². The number of fused-ring (bicyclic) bond motifs is 1. The number of carbonyl (C=O) groups excluding carboxylic acids is 2. The summed E-state index contributed by atoms with van der Waals surface area (Å²) in [5, 5.41) is 2.41. The van der Waals surface area contributed by atoms with Crippen molar-refractivity contribution in [3.05, 3.63) is 35.6 Å². The number of nitrogens with one attached hydrogen (secondary N) is 1. The number of piperazine rings is 1. The average Bonchev–Trinajstić information content (AvgIpc) is 3.15. The highest BCUT2D eigenvalue weighted by Crippen LogP contribution is 2.26. The first-order valence-electron chi connectivity index (χ1n) is 10.7. The molecule has 31 heavy (non-hydrogen) atoms. The fourth-order valence-corrected chi connectivity index (χ4v) is 4.29. The van der Waals surface area contributed by atoms with E-state index in [9.17, 15) is 14.0 Å². The molecule has 3 heterocycles. The maximum atomic E-state index is 14.0. The van der Waals surface area contributed by atoms with E-state index in [0.717, 1.165) is 19.0 Å². The van der Waals surface area contributed by atoms with Crippen LogP contribution in [0.2, 0.25) is 0 Å². The Morgan fingerprint density at radius 1 is 1.19 bits per heavy atom. The predicted molar refractivity (Wildman–Crippen MR) is 113 cm³/mol. The second-order valence-corrected chi connectivity index (χ2v) is 7.94. The van der Waals surface area contributed by atoms with Gasteiger partial charge in [-0.3, -0.25) is 15.0 Å². The van der Waals surface area contributed by atoms with Gasteiger partial charge in [0.15, 0.2) is 18.2 Å². The molecule has 1 aromatic rings. The third kappa shape index (κ3) is 4.35. The number of hydrogen-bond acceptors (Lipinski definition) is 7. The standard InChI is InChI=1S/C21H29FN6O3/c1-3-31-13-12-28-17-18(25(2)21(30)24-19(17)29)23-20(28)27-10-8-26(9-11-27)14-15-6-4-5-7-16(15)22/h4-7,17-18H,3,8-14H2,1-2H3,(H,24,29,30). The normalized spacial score (nSPS) is 24.4. The number of nitrogens with zero attached hydrogens (tertiary/aromatic N) is 5. The predicted octanol–water partition coefficient (Wildman–Crippen LogP) is 0.528. The van der Waals surface area contributed by atoms with Crippen LogP contribution in [-0.2, 0) is 16.1 Å². The minimum absolute atomic E-state index is 0.185. The van der Waals surface area contributed by atoms with Gasteiger partial charge in [-0.2, -0.15) is 0 Å². The fraction of sp³-hybridized carbons (Fsp3) is 0.571. The number of imide groups is 1. The van der Waals surface area contributed by atoms with Crippen molar-refractivity contribution in [2.45, 2.75) is 25.7 Å². The van der Waals surface area contributed by atoms with Gasteiger partial charge in [0.05, 0.1) is 6.61 Å². The summed E-state index contributed by atoms with van der Waals surface area (Å²) in [6, 6.07) is 5.85.